The monoisotopic (exact) mass is 240 g/mol. The van der Waals surface area contributed by atoms with E-state index in [1.807, 2.05) is 6.92 Å². The molecule has 0 aromatic heterocycles. The summed E-state index contributed by atoms with van der Waals surface area (Å²) >= 11 is 0. The van der Waals surface area contributed by atoms with Crippen molar-refractivity contribution >= 4 is 5.91 Å². The number of carbonyl (C=O) groups is 1. The van der Waals surface area contributed by atoms with E-state index in [0.717, 1.165) is 18.9 Å². The lowest BCUT2D eigenvalue weighted by Gasteiger charge is -2.35. The third kappa shape index (κ3) is 4.66. The molecular weight excluding hydrogens is 212 g/mol. The van der Waals surface area contributed by atoms with Crippen LogP contribution in [-0.4, -0.2) is 24.5 Å². The van der Waals surface area contributed by atoms with Gasteiger partial charge in [0.2, 0.25) is 5.91 Å². The van der Waals surface area contributed by atoms with E-state index >= 15 is 0 Å². The second-order valence-electron chi connectivity index (χ2n) is 5.68. The van der Waals surface area contributed by atoms with Gasteiger partial charge in [0.15, 0.2) is 0 Å². The maximum Gasteiger partial charge on any atom is 0.236 e. The van der Waals surface area contributed by atoms with E-state index < -0.39 is 0 Å². The summed E-state index contributed by atoms with van der Waals surface area (Å²) in [6.07, 6.45) is 4.81. The van der Waals surface area contributed by atoms with Crippen LogP contribution in [0.2, 0.25) is 0 Å². The lowest BCUT2D eigenvalue weighted by atomic mass is 9.80. The van der Waals surface area contributed by atoms with Crippen molar-refractivity contribution in [2.24, 2.45) is 11.8 Å². The molecule has 1 aliphatic rings. The van der Waals surface area contributed by atoms with Crippen LogP contribution in [0, 0.1) is 11.8 Å². The standard InChI is InChI=1S/C14H28N2O/c1-5-8-15-14(17)12(4)16-13-9-10(2)6-7-11(13)3/h10-13,16H,5-9H2,1-4H3,(H,15,17). The maximum absolute atomic E-state index is 11.8. The molecule has 100 valence electrons. The second kappa shape index (κ2) is 7.00. The van der Waals surface area contributed by atoms with Gasteiger partial charge in [-0.05, 0) is 38.0 Å². The molecule has 4 atom stereocenters. The minimum Gasteiger partial charge on any atom is -0.355 e. The summed E-state index contributed by atoms with van der Waals surface area (Å²) in [7, 11) is 0. The highest BCUT2D eigenvalue weighted by Gasteiger charge is 2.27. The first-order valence-corrected chi connectivity index (χ1v) is 7.08. The van der Waals surface area contributed by atoms with Gasteiger partial charge in [-0.1, -0.05) is 27.2 Å². The molecule has 1 aliphatic carbocycles. The first-order valence-electron chi connectivity index (χ1n) is 7.08. The summed E-state index contributed by atoms with van der Waals surface area (Å²) in [6, 6.07) is 0.431. The molecule has 1 saturated carbocycles. The Kier molecular flexibility index (Phi) is 5.96. The first-order chi connectivity index (χ1) is 8.04. The number of rotatable bonds is 5. The fourth-order valence-corrected chi connectivity index (χ4v) is 2.56. The zero-order valence-corrected chi connectivity index (χ0v) is 11.8. The molecule has 3 nitrogen and oxygen atoms in total. The van der Waals surface area contributed by atoms with E-state index in [4.69, 9.17) is 0 Å². The number of hydrogen-bond donors (Lipinski definition) is 2. The molecule has 2 N–H and O–H groups in total. The largest absolute Gasteiger partial charge is 0.355 e. The highest BCUT2D eigenvalue weighted by atomic mass is 16.2. The molecule has 1 amide bonds. The van der Waals surface area contributed by atoms with Gasteiger partial charge in [-0.2, -0.15) is 0 Å². The van der Waals surface area contributed by atoms with Gasteiger partial charge in [-0.25, -0.2) is 0 Å². The van der Waals surface area contributed by atoms with Crippen LogP contribution in [0.4, 0.5) is 0 Å². The molecule has 0 bridgehead atoms. The van der Waals surface area contributed by atoms with Crippen LogP contribution in [0.25, 0.3) is 0 Å². The van der Waals surface area contributed by atoms with E-state index in [2.05, 4.69) is 31.4 Å². The van der Waals surface area contributed by atoms with Gasteiger partial charge in [0.25, 0.3) is 0 Å². The van der Waals surface area contributed by atoms with Crippen LogP contribution in [-0.2, 0) is 4.79 Å². The number of nitrogens with one attached hydrogen (secondary N) is 2. The molecule has 1 rings (SSSR count). The Morgan fingerprint density at radius 2 is 2.06 bits per heavy atom. The summed E-state index contributed by atoms with van der Waals surface area (Å²) in [4.78, 5) is 11.8. The zero-order valence-electron chi connectivity index (χ0n) is 11.8. The maximum atomic E-state index is 11.8. The number of amides is 1. The smallest absolute Gasteiger partial charge is 0.236 e. The Labute approximate surface area is 106 Å². The summed E-state index contributed by atoms with van der Waals surface area (Å²) < 4.78 is 0. The van der Waals surface area contributed by atoms with Gasteiger partial charge in [-0.15, -0.1) is 0 Å². The summed E-state index contributed by atoms with van der Waals surface area (Å²) in [5.41, 5.74) is 0. The highest BCUT2D eigenvalue weighted by Crippen LogP contribution is 2.28. The molecule has 0 saturated heterocycles. The minimum absolute atomic E-state index is 0.0701. The van der Waals surface area contributed by atoms with E-state index in [1.54, 1.807) is 0 Å². The van der Waals surface area contributed by atoms with Gasteiger partial charge < -0.3 is 10.6 Å². The van der Waals surface area contributed by atoms with Crippen molar-refractivity contribution < 1.29 is 4.79 Å². The van der Waals surface area contributed by atoms with Crippen LogP contribution in [0.5, 0.6) is 0 Å². The van der Waals surface area contributed by atoms with Crippen molar-refractivity contribution in [1.29, 1.82) is 0 Å². The van der Waals surface area contributed by atoms with Crippen LogP contribution < -0.4 is 10.6 Å². The second-order valence-corrected chi connectivity index (χ2v) is 5.68. The Morgan fingerprint density at radius 1 is 1.35 bits per heavy atom. The number of carbonyl (C=O) groups excluding carboxylic acids is 1. The molecule has 0 heterocycles. The van der Waals surface area contributed by atoms with E-state index in [1.165, 1.54) is 19.3 Å². The summed E-state index contributed by atoms with van der Waals surface area (Å²) in [5, 5.41) is 6.44. The van der Waals surface area contributed by atoms with Crippen molar-refractivity contribution in [3.8, 4) is 0 Å². The van der Waals surface area contributed by atoms with Crippen molar-refractivity contribution in [2.45, 2.75) is 65.5 Å². The molecule has 17 heavy (non-hydrogen) atoms. The first kappa shape index (κ1) is 14.5. The lowest BCUT2D eigenvalue weighted by Crippen LogP contribution is -2.50. The molecule has 4 unspecified atom stereocenters. The van der Waals surface area contributed by atoms with Gasteiger partial charge in [0, 0.05) is 12.6 Å². The average Bonchev–Trinajstić information content (AvgIpc) is 2.30. The van der Waals surface area contributed by atoms with Crippen molar-refractivity contribution in [3.05, 3.63) is 0 Å². The fraction of sp³-hybridized carbons (Fsp3) is 0.929. The predicted molar refractivity (Wildman–Crippen MR) is 71.9 cm³/mol. The highest BCUT2D eigenvalue weighted by molar-refractivity contribution is 5.81. The normalized spacial score (nSPS) is 30.9. The predicted octanol–water partition coefficient (Wildman–Crippen LogP) is 2.32. The zero-order chi connectivity index (χ0) is 12.8. The summed E-state index contributed by atoms with van der Waals surface area (Å²) in [6.45, 7) is 9.42. The van der Waals surface area contributed by atoms with Crippen molar-refractivity contribution in [1.82, 2.24) is 10.6 Å². The molecular formula is C14H28N2O. The lowest BCUT2D eigenvalue weighted by molar-refractivity contribution is -0.123. The van der Waals surface area contributed by atoms with Crippen LogP contribution in [0.3, 0.4) is 0 Å². The minimum atomic E-state index is -0.0701. The number of hydrogen-bond acceptors (Lipinski definition) is 2. The molecule has 0 radical (unpaired) electrons. The molecule has 0 spiro atoms. The third-order valence-electron chi connectivity index (χ3n) is 3.86. The van der Waals surface area contributed by atoms with Crippen molar-refractivity contribution in [3.63, 3.8) is 0 Å². The van der Waals surface area contributed by atoms with Crippen LogP contribution in [0.1, 0.15) is 53.4 Å². The molecule has 3 heteroatoms. The Bertz CT molecular complexity index is 242. The van der Waals surface area contributed by atoms with Gasteiger partial charge in [-0.3, -0.25) is 4.79 Å². The van der Waals surface area contributed by atoms with Crippen LogP contribution >= 0.6 is 0 Å². The average molecular weight is 240 g/mol. The van der Waals surface area contributed by atoms with Gasteiger partial charge >= 0.3 is 0 Å². The SMILES string of the molecule is CCCNC(=O)C(C)NC1CC(C)CCC1C. The fourth-order valence-electron chi connectivity index (χ4n) is 2.56. The Hall–Kier alpha value is -0.570. The Morgan fingerprint density at radius 3 is 2.71 bits per heavy atom. The Balaban J connectivity index is 2.38. The van der Waals surface area contributed by atoms with E-state index in [9.17, 15) is 4.79 Å². The summed E-state index contributed by atoms with van der Waals surface area (Å²) in [5.74, 6) is 1.61. The molecule has 0 aromatic carbocycles. The van der Waals surface area contributed by atoms with Crippen LogP contribution in [0.15, 0.2) is 0 Å². The quantitative estimate of drug-likeness (QED) is 0.774. The molecule has 1 fully saturated rings. The van der Waals surface area contributed by atoms with E-state index in [-0.39, 0.29) is 11.9 Å². The molecule has 0 aliphatic heterocycles. The van der Waals surface area contributed by atoms with E-state index in [0.29, 0.717) is 12.0 Å². The third-order valence-corrected chi connectivity index (χ3v) is 3.86. The van der Waals surface area contributed by atoms with Crippen molar-refractivity contribution in [2.75, 3.05) is 6.54 Å². The topological polar surface area (TPSA) is 41.1 Å². The van der Waals surface area contributed by atoms with Gasteiger partial charge in [0.05, 0.1) is 6.04 Å². The van der Waals surface area contributed by atoms with Gasteiger partial charge in [0.1, 0.15) is 0 Å². The molecule has 0 aromatic rings.